The standard InChI is InChI=1S/C16H17FN6O4/c1-9(24)19-6-11-7-22(16(26)27-11)10-3-4-14(12(17)5-10)23-8-13(20-21-23)15(25)18-2/h3-5,8,11H,6-7H2,1-2H3,(H,18,25)(H,19,24)/t11-/m0/s1. The van der Waals surface area contributed by atoms with Gasteiger partial charge in [-0.3, -0.25) is 14.5 Å². The van der Waals surface area contributed by atoms with Crippen molar-refractivity contribution in [2.45, 2.75) is 13.0 Å². The number of anilines is 1. The summed E-state index contributed by atoms with van der Waals surface area (Å²) in [6, 6.07) is 4.11. The second kappa shape index (κ2) is 7.40. The van der Waals surface area contributed by atoms with Crippen molar-refractivity contribution in [2.24, 2.45) is 0 Å². The largest absolute Gasteiger partial charge is 0.442 e. The van der Waals surface area contributed by atoms with Gasteiger partial charge in [-0.05, 0) is 18.2 Å². The number of cyclic esters (lactones) is 1. The molecule has 0 saturated carbocycles. The van der Waals surface area contributed by atoms with Crippen molar-refractivity contribution in [2.75, 3.05) is 25.0 Å². The Hall–Kier alpha value is -3.50. The number of ether oxygens (including phenoxy) is 1. The fraction of sp³-hybridized carbons (Fsp3) is 0.312. The lowest BCUT2D eigenvalue weighted by Crippen LogP contribution is -2.33. The molecule has 0 radical (unpaired) electrons. The number of nitrogens with one attached hydrogen (secondary N) is 2. The maximum absolute atomic E-state index is 14.5. The van der Waals surface area contributed by atoms with E-state index < -0.39 is 23.9 Å². The first-order chi connectivity index (χ1) is 12.9. The number of hydrogen-bond acceptors (Lipinski definition) is 6. The molecule has 2 N–H and O–H groups in total. The van der Waals surface area contributed by atoms with Gasteiger partial charge in [-0.15, -0.1) is 5.10 Å². The molecule has 2 aromatic rings. The summed E-state index contributed by atoms with van der Waals surface area (Å²) >= 11 is 0. The normalized spacial score (nSPS) is 16.2. The first kappa shape index (κ1) is 18.3. The van der Waals surface area contributed by atoms with Crippen LogP contribution in [0.1, 0.15) is 17.4 Å². The summed E-state index contributed by atoms with van der Waals surface area (Å²) < 4.78 is 20.8. The van der Waals surface area contributed by atoms with Gasteiger partial charge in [0.25, 0.3) is 5.91 Å². The molecule has 142 valence electrons. The highest BCUT2D eigenvalue weighted by molar-refractivity contribution is 5.91. The van der Waals surface area contributed by atoms with E-state index in [-0.39, 0.29) is 30.4 Å². The molecule has 1 atom stereocenters. The molecular weight excluding hydrogens is 359 g/mol. The van der Waals surface area contributed by atoms with Crippen LogP contribution in [-0.2, 0) is 9.53 Å². The molecule has 27 heavy (non-hydrogen) atoms. The van der Waals surface area contributed by atoms with E-state index in [1.165, 1.54) is 43.3 Å². The smallest absolute Gasteiger partial charge is 0.414 e. The maximum atomic E-state index is 14.5. The van der Waals surface area contributed by atoms with Gasteiger partial charge < -0.3 is 15.4 Å². The summed E-state index contributed by atoms with van der Waals surface area (Å²) in [4.78, 5) is 35.8. The molecule has 1 aromatic carbocycles. The van der Waals surface area contributed by atoms with Gasteiger partial charge >= 0.3 is 6.09 Å². The highest BCUT2D eigenvalue weighted by atomic mass is 19.1. The van der Waals surface area contributed by atoms with Crippen LogP contribution >= 0.6 is 0 Å². The average molecular weight is 376 g/mol. The third-order valence-electron chi connectivity index (χ3n) is 3.90. The minimum Gasteiger partial charge on any atom is -0.442 e. The zero-order valence-corrected chi connectivity index (χ0v) is 14.6. The third kappa shape index (κ3) is 3.86. The molecule has 1 aromatic heterocycles. The first-order valence-corrected chi connectivity index (χ1v) is 8.06. The Labute approximate surface area is 153 Å². The zero-order valence-electron chi connectivity index (χ0n) is 14.6. The minimum atomic E-state index is -0.654. The number of aromatic nitrogens is 3. The van der Waals surface area contributed by atoms with Crippen LogP contribution in [0.15, 0.2) is 24.4 Å². The number of benzene rings is 1. The lowest BCUT2D eigenvalue weighted by Gasteiger charge is -2.14. The van der Waals surface area contributed by atoms with Crippen LogP contribution < -0.4 is 15.5 Å². The molecule has 1 fully saturated rings. The van der Waals surface area contributed by atoms with E-state index in [1.807, 2.05) is 0 Å². The molecule has 1 aliphatic rings. The topological polar surface area (TPSA) is 118 Å². The fourth-order valence-corrected chi connectivity index (χ4v) is 2.56. The van der Waals surface area contributed by atoms with E-state index in [0.29, 0.717) is 5.69 Å². The Morgan fingerprint density at radius 2 is 2.19 bits per heavy atom. The van der Waals surface area contributed by atoms with Gasteiger partial charge in [0.1, 0.15) is 11.8 Å². The predicted molar refractivity (Wildman–Crippen MR) is 91.0 cm³/mol. The molecule has 10 nitrogen and oxygen atoms in total. The van der Waals surface area contributed by atoms with Crippen molar-refractivity contribution in [1.82, 2.24) is 25.6 Å². The highest BCUT2D eigenvalue weighted by Crippen LogP contribution is 2.25. The number of nitrogens with zero attached hydrogens (tertiary/aromatic N) is 4. The Morgan fingerprint density at radius 1 is 1.41 bits per heavy atom. The Balaban J connectivity index is 1.77. The van der Waals surface area contributed by atoms with Gasteiger partial charge in [-0.1, -0.05) is 5.21 Å². The predicted octanol–water partition coefficient (Wildman–Crippen LogP) is 0.227. The van der Waals surface area contributed by atoms with Gasteiger partial charge in [0.2, 0.25) is 5.91 Å². The van der Waals surface area contributed by atoms with Crippen LogP contribution in [0.5, 0.6) is 0 Å². The van der Waals surface area contributed by atoms with E-state index in [0.717, 1.165) is 4.68 Å². The van der Waals surface area contributed by atoms with E-state index in [9.17, 15) is 18.8 Å². The van der Waals surface area contributed by atoms with Crippen molar-refractivity contribution >= 4 is 23.6 Å². The quantitative estimate of drug-likeness (QED) is 0.771. The van der Waals surface area contributed by atoms with E-state index in [1.54, 1.807) is 0 Å². The number of carbonyl (C=O) groups is 3. The van der Waals surface area contributed by atoms with Gasteiger partial charge in [0, 0.05) is 14.0 Å². The molecular formula is C16H17FN6O4. The van der Waals surface area contributed by atoms with Crippen molar-refractivity contribution in [3.63, 3.8) is 0 Å². The highest BCUT2D eigenvalue weighted by Gasteiger charge is 2.32. The van der Waals surface area contributed by atoms with Crippen LogP contribution in [0.4, 0.5) is 14.9 Å². The molecule has 3 rings (SSSR count). The molecule has 1 saturated heterocycles. The number of halogens is 1. The number of hydrogen-bond donors (Lipinski definition) is 2. The van der Waals surface area contributed by atoms with Crippen molar-refractivity contribution < 1.29 is 23.5 Å². The molecule has 0 aliphatic carbocycles. The molecule has 11 heteroatoms. The first-order valence-electron chi connectivity index (χ1n) is 8.06. The second-order valence-corrected chi connectivity index (χ2v) is 5.82. The maximum Gasteiger partial charge on any atom is 0.414 e. The summed E-state index contributed by atoms with van der Waals surface area (Å²) in [5.41, 5.74) is 0.423. The van der Waals surface area contributed by atoms with Gasteiger partial charge in [0.05, 0.1) is 25.0 Å². The number of amides is 3. The summed E-state index contributed by atoms with van der Waals surface area (Å²) in [5.74, 6) is -1.33. The Morgan fingerprint density at radius 3 is 2.85 bits per heavy atom. The summed E-state index contributed by atoms with van der Waals surface area (Å²) in [6.07, 6.45) is 0.152. The molecule has 0 bridgehead atoms. The van der Waals surface area contributed by atoms with Gasteiger partial charge in [0.15, 0.2) is 11.5 Å². The van der Waals surface area contributed by atoms with Crippen molar-refractivity contribution in [3.05, 3.63) is 35.9 Å². The minimum absolute atomic E-state index is 0.0462. The molecule has 3 amide bonds. The van der Waals surface area contributed by atoms with Crippen molar-refractivity contribution in [3.8, 4) is 5.69 Å². The summed E-state index contributed by atoms with van der Waals surface area (Å²) in [5, 5.41) is 12.4. The molecule has 1 aliphatic heterocycles. The van der Waals surface area contributed by atoms with Crippen LogP contribution in [0.25, 0.3) is 5.69 Å². The van der Waals surface area contributed by atoms with Gasteiger partial charge in [-0.2, -0.15) is 0 Å². The summed E-state index contributed by atoms with van der Waals surface area (Å²) in [7, 11) is 1.45. The lowest BCUT2D eigenvalue weighted by atomic mass is 10.2. The van der Waals surface area contributed by atoms with E-state index in [2.05, 4.69) is 20.9 Å². The average Bonchev–Trinajstić information content (AvgIpc) is 3.26. The fourth-order valence-electron chi connectivity index (χ4n) is 2.56. The Kier molecular flexibility index (Phi) is 5.01. The molecule has 0 unspecified atom stereocenters. The molecule has 0 spiro atoms. The van der Waals surface area contributed by atoms with E-state index >= 15 is 0 Å². The van der Waals surface area contributed by atoms with Gasteiger partial charge in [-0.25, -0.2) is 13.9 Å². The monoisotopic (exact) mass is 376 g/mol. The van der Waals surface area contributed by atoms with Crippen LogP contribution in [0, 0.1) is 5.82 Å². The lowest BCUT2D eigenvalue weighted by molar-refractivity contribution is -0.119. The van der Waals surface area contributed by atoms with E-state index in [4.69, 9.17) is 4.74 Å². The summed E-state index contributed by atoms with van der Waals surface area (Å²) in [6.45, 7) is 1.73. The zero-order chi connectivity index (χ0) is 19.6. The third-order valence-corrected chi connectivity index (χ3v) is 3.90. The second-order valence-electron chi connectivity index (χ2n) is 5.82. The molecule has 2 heterocycles. The van der Waals surface area contributed by atoms with Crippen LogP contribution in [-0.4, -0.2) is 59.1 Å². The van der Waals surface area contributed by atoms with Crippen molar-refractivity contribution in [1.29, 1.82) is 0 Å². The number of carbonyl (C=O) groups excluding carboxylic acids is 3. The Bertz CT molecular complexity index is 899. The van der Waals surface area contributed by atoms with Crippen LogP contribution in [0.3, 0.4) is 0 Å². The number of rotatable bonds is 5. The van der Waals surface area contributed by atoms with Crippen LogP contribution in [0.2, 0.25) is 0 Å². The SMILES string of the molecule is CNC(=O)c1cn(-c2ccc(N3C[C@H](CNC(C)=O)OC3=O)cc2F)nn1.